The summed E-state index contributed by atoms with van der Waals surface area (Å²) in [5, 5.41) is 13.6. The number of nitrogens with two attached hydrogens (primary N) is 1. The summed E-state index contributed by atoms with van der Waals surface area (Å²) in [5.41, 5.74) is 6.82. The van der Waals surface area contributed by atoms with Crippen LogP contribution in [0.3, 0.4) is 0 Å². The first kappa shape index (κ1) is 9.45. The Morgan fingerprint density at radius 3 is 2.67 bits per heavy atom. The van der Waals surface area contributed by atoms with Crippen molar-refractivity contribution >= 4 is 5.82 Å². The molecule has 78 valence electrons. The maximum absolute atomic E-state index is 9.65. The van der Waals surface area contributed by atoms with Gasteiger partial charge in [-0.3, -0.25) is 0 Å². The van der Waals surface area contributed by atoms with Crippen LogP contribution in [0.2, 0.25) is 0 Å². The molecule has 0 atom stereocenters. The zero-order chi connectivity index (χ0) is 11.0. The summed E-state index contributed by atoms with van der Waals surface area (Å²) in [6.45, 7) is 1.81. The third-order valence-electron chi connectivity index (χ3n) is 2.02. The van der Waals surface area contributed by atoms with Gasteiger partial charge in [0, 0.05) is 18.8 Å². The fraction of sp³-hybridized carbons (Fsp3) is 0.222. The summed E-state index contributed by atoms with van der Waals surface area (Å²) in [6, 6.07) is 1.66. The summed E-state index contributed by atoms with van der Waals surface area (Å²) >= 11 is 0. The Morgan fingerprint density at radius 1 is 1.40 bits per heavy atom. The van der Waals surface area contributed by atoms with E-state index in [2.05, 4.69) is 15.1 Å². The van der Waals surface area contributed by atoms with E-state index in [0.29, 0.717) is 17.2 Å². The largest absolute Gasteiger partial charge is 0.493 e. The van der Waals surface area contributed by atoms with Crippen LogP contribution in [0.5, 0.6) is 5.88 Å². The molecule has 6 heteroatoms. The number of anilines is 1. The van der Waals surface area contributed by atoms with Gasteiger partial charge >= 0.3 is 0 Å². The van der Waals surface area contributed by atoms with Crippen LogP contribution in [0.1, 0.15) is 5.69 Å². The van der Waals surface area contributed by atoms with Crippen molar-refractivity contribution in [3.63, 3.8) is 0 Å². The molecule has 0 aliphatic carbocycles. The number of hydrogen-bond donors (Lipinski definition) is 2. The Bertz CT molecular complexity index is 485. The minimum Gasteiger partial charge on any atom is -0.493 e. The van der Waals surface area contributed by atoms with Gasteiger partial charge in [0.05, 0.1) is 6.20 Å². The van der Waals surface area contributed by atoms with Gasteiger partial charge in [0.1, 0.15) is 11.4 Å². The zero-order valence-corrected chi connectivity index (χ0v) is 8.47. The molecule has 0 amide bonds. The van der Waals surface area contributed by atoms with Crippen LogP contribution in [-0.4, -0.2) is 24.9 Å². The summed E-state index contributed by atoms with van der Waals surface area (Å²) in [6.07, 6.45) is 1.50. The minimum atomic E-state index is 0.0278. The van der Waals surface area contributed by atoms with Gasteiger partial charge in [0.25, 0.3) is 0 Å². The van der Waals surface area contributed by atoms with E-state index in [9.17, 15) is 5.11 Å². The molecule has 2 rings (SSSR count). The lowest BCUT2D eigenvalue weighted by Gasteiger charge is -2.01. The first-order chi connectivity index (χ1) is 7.08. The monoisotopic (exact) mass is 205 g/mol. The number of aromatic hydroxyl groups is 1. The molecule has 0 bridgehead atoms. The molecule has 0 fully saturated rings. The molecule has 2 aromatic rings. The van der Waals surface area contributed by atoms with Crippen molar-refractivity contribution in [2.75, 3.05) is 5.73 Å². The van der Waals surface area contributed by atoms with Crippen molar-refractivity contribution in [3.8, 4) is 17.3 Å². The van der Waals surface area contributed by atoms with Crippen LogP contribution in [0.25, 0.3) is 11.4 Å². The fourth-order valence-corrected chi connectivity index (χ4v) is 1.30. The van der Waals surface area contributed by atoms with Crippen LogP contribution >= 0.6 is 0 Å². The Hall–Kier alpha value is -2.11. The molecule has 0 spiro atoms. The van der Waals surface area contributed by atoms with E-state index in [-0.39, 0.29) is 5.88 Å². The van der Waals surface area contributed by atoms with E-state index in [1.54, 1.807) is 13.1 Å². The maximum Gasteiger partial charge on any atom is 0.220 e. The molecule has 0 saturated carbocycles. The molecule has 2 aromatic heterocycles. The van der Waals surface area contributed by atoms with Gasteiger partial charge in [0.15, 0.2) is 5.82 Å². The predicted molar refractivity (Wildman–Crippen MR) is 55.0 cm³/mol. The molecule has 0 aliphatic rings. The van der Waals surface area contributed by atoms with E-state index in [1.807, 2.05) is 6.92 Å². The van der Waals surface area contributed by atoms with E-state index < -0.39 is 0 Å². The molecular formula is C9H11N5O. The lowest BCUT2D eigenvalue weighted by atomic mass is 10.3. The number of rotatable bonds is 1. The normalized spacial score (nSPS) is 10.5. The molecule has 2 heterocycles. The number of aryl methyl sites for hydroxylation is 2. The highest BCUT2D eigenvalue weighted by atomic mass is 16.3. The highest BCUT2D eigenvalue weighted by molar-refractivity contribution is 5.61. The molecule has 0 saturated heterocycles. The van der Waals surface area contributed by atoms with Crippen molar-refractivity contribution in [1.29, 1.82) is 0 Å². The Balaban J connectivity index is 2.58. The SMILES string of the molecule is Cc1cc(N)nc(-c2cnn(C)c2O)n1. The number of aromatic nitrogens is 4. The minimum absolute atomic E-state index is 0.0278. The van der Waals surface area contributed by atoms with Crippen LogP contribution in [0, 0.1) is 6.92 Å². The molecule has 0 radical (unpaired) electrons. The zero-order valence-electron chi connectivity index (χ0n) is 8.47. The lowest BCUT2D eigenvalue weighted by molar-refractivity contribution is 0.420. The molecule has 6 nitrogen and oxygen atoms in total. The first-order valence-corrected chi connectivity index (χ1v) is 4.40. The van der Waals surface area contributed by atoms with Gasteiger partial charge in [-0.15, -0.1) is 0 Å². The van der Waals surface area contributed by atoms with Crippen LogP contribution in [-0.2, 0) is 7.05 Å². The van der Waals surface area contributed by atoms with Gasteiger partial charge in [-0.2, -0.15) is 5.10 Å². The van der Waals surface area contributed by atoms with E-state index in [4.69, 9.17) is 5.73 Å². The van der Waals surface area contributed by atoms with Gasteiger partial charge in [-0.1, -0.05) is 0 Å². The molecule has 0 aromatic carbocycles. The van der Waals surface area contributed by atoms with Crippen molar-refractivity contribution in [2.24, 2.45) is 7.05 Å². The van der Waals surface area contributed by atoms with E-state index >= 15 is 0 Å². The van der Waals surface area contributed by atoms with Crippen molar-refractivity contribution in [1.82, 2.24) is 19.7 Å². The Kier molecular flexibility index (Phi) is 2.03. The van der Waals surface area contributed by atoms with E-state index in [1.165, 1.54) is 10.9 Å². The second-order valence-electron chi connectivity index (χ2n) is 3.26. The predicted octanol–water partition coefficient (Wildman–Crippen LogP) is 0.473. The molecular weight excluding hydrogens is 194 g/mol. The summed E-state index contributed by atoms with van der Waals surface area (Å²) < 4.78 is 1.34. The highest BCUT2D eigenvalue weighted by Gasteiger charge is 2.12. The molecule has 0 unspecified atom stereocenters. The third kappa shape index (κ3) is 1.61. The topological polar surface area (TPSA) is 89.8 Å². The first-order valence-electron chi connectivity index (χ1n) is 4.40. The average Bonchev–Trinajstić information content (AvgIpc) is 2.46. The molecule has 3 N–H and O–H groups in total. The third-order valence-corrected chi connectivity index (χ3v) is 2.02. The quantitative estimate of drug-likeness (QED) is 0.706. The van der Waals surface area contributed by atoms with Crippen molar-refractivity contribution in [3.05, 3.63) is 18.0 Å². The Morgan fingerprint density at radius 2 is 2.13 bits per heavy atom. The maximum atomic E-state index is 9.65. The summed E-state index contributed by atoms with van der Waals surface area (Å²) in [7, 11) is 1.64. The van der Waals surface area contributed by atoms with Gasteiger partial charge in [0.2, 0.25) is 5.88 Å². The molecule has 0 aliphatic heterocycles. The fourth-order valence-electron chi connectivity index (χ4n) is 1.30. The summed E-state index contributed by atoms with van der Waals surface area (Å²) in [4.78, 5) is 8.21. The van der Waals surface area contributed by atoms with E-state index in [0.717, 1.165) is 5.69 Å². The number of nitrogens with zero attached hydrogens (tertiary/aromatic N) is 4. The average molecular weight is 205 g/mol. The molecule has 15 heavy (non-hydrogen) atoms. The van der Waals surface area contributed by atoms with Gasteiger partial charge in [-0.25, -0.2) is 14.6 Å². The van der Waals surface area contributed by atoms with Crippen molar-refractivity contribution < 1.29 is 5.11 Å². The van der Waals surface area contributed by atoms with Crippen LogP contribution in [0.4, 0.5) is 5.82 Å². The second-order valence-corrected chi connectivity index (χ2v) is 3.26. The lowest BCUT2D eigenvalue weighted by Crippen LogP contribution is -1.97. The van der Waals surface area contributed by atoms with Gasteiger partial charge in [-0.05, 0) is 6.92 Å². The Labute approximate surface area is 86.4 Å². The van der Waals surface area contributed by atoms with Crippen LogP contribution < -0.4 is 5.73 Å². The number of nitrogen functional groups attached to an aromatic ring is 1. The van der Waals surface area contributed by atoms with Gasteiger partial charge < -0.3 is 10.8 Å². The van der Waals surface area contributed by atoms with Crippen LogP contribution in [0.15, 0.2) is 12.3 Å². The summed E-state index contributed by atoms with van der Waals surface area (Å²) in [5.74, 6) is 0.791. The van der Waals surface area contributed by atoms with Crippen molar-refractivity contribution in [2.45, 2.75) is 6.92 Å². The highest BCUT2D eigenvalue weighted by Crippen LogP contribution is 2.25. The second kappa shape index (κ2) is 3.23. The standard InChI is InChI=1S/C9H11N5O/c1-5-3-7(10)13-8(12-5)6-4-11-14(2)9(6)15/h3-4,15H,1-2H3,(H2,10,12,13). The number of hydrogen-bond acceptors (Lipinski definition) is 5. The smallest absolute Gasteiger partial charge is 0.220 e.